The molecule has 1 atom stereocenters. The van der Waals surface area contributed by atoms with Crippen LogP contribution in [-0.4, -0.2) is 0 Å². The molecular formula is C16H19F2NS. The summed E-state index contributed by atoms with van der Waals surface area (Å²) in [6.07, 6.45) is -2.40. The molecule has 1 aromatic carbocycles. The standard InChI is InChI=1S/C16H19F2NS/c1-11(2)15(14-4-3-9-20-14)19-10-12-5-7-13(8-6-12)16(17)18/h3-9,11,15-16,19H,10H2,1-2H3. The van der Waals surface area contributed by atoms with Crippen molar-refractivity contribution < 1.29 is 8.78 Å². The first kappa shape index (κ1) is 15.1. The molecule has 0 radical (unpaired) electrons. The smallest absolute Gasteiger partial charge is 0.263 e. The van der Waals surface area contributed by atoms with Crippen molar-refractivity contribution in [3.05, 3.63) is 57.8 Å². The molecule has 0 spiro atoms. The van der Waals surface area contributed by atoms with Crippen LogP contribution in [0.1, 0.15) is 42.3 Å². The first-order valence-corrected chi connectivity index (χ1v) is 7.59. The quantitative estimate of drug-likeness (QED) is 0.775. The van der Waals surface area contributed by atoms with Crippen molar-refractivity contribution in [3.8, 4) is 0 Å². The van der Waals surface area contributed by atoms with Gasteiger partial charge >= 0.3 is 0 Å². The maximum Gasteiger partial charge on any atom is 0.263 e. The molecule has 2 aromatic rings. The van der Waals surface area contributed by atoms with Gasteiger partial charge in [0.05, 0.1) is 0 Å². The van der Waals surface area contributed by atoms with E-state index in [0.29, 0.717) is 18.5 Å². The van der Waals surface area contributed by atoms with E-state index in [0.717, 1.165) is 5.56 Å². The zero-order chi connectivity index (χ0) is 14.5. The fourth-order valence-electron chi connectivity index (χ4n) is 2.14. The molecule has 0 saturated carbocycles. The summed E-state index contributed by atoms with van der Waals surface area (Å²) >= 11 is 1.74. The third-order valence-corrected chi connectivity index (χ3v) is 4.23. The number of hydrogen-bond donors (Lipinski definition) is 1. The van der Waals surface area contributed by atoms with E-state index < -0.39 is 6.43 Å². The minimum Gasteiger partial charge on any atom is -0.305 e. The Morgan fingerprint density at radius 3 is 2.30 bits per heavy atom. The molecule has 20 heavy (non-hydrogen) atoms. The molecule has 0 aliphatic rings. The average molecular weight is 295 g/mol. The second-order valence-corrected chi connectivity index (χ2v) is 6.14. The van der Waals surface area contributed by atoms with Crippen LogP contribution in [0.4, 0.5) is 8.78 Å². The van der Waals surface area contributed by atoms with Gasteiger partial charge in [-0.2, -0.15) is 0 Å². The van der Waals surface area contributed by atoms with Crippen molar-refractivity contribution in [2.45, 2.75) is 32.9 Å². The van der Waals surface area contributed by atoms with Gasteiger partial charge in [-0.3, -0.25) is 0 Å². The Bertz CT molecular complexity index is 506. The maximum atomic E-state index is 12.5. The molecule has 0 fully saturated rings. The molecule has 1 unspecified atom stereocenters. The van der Waals surface area contributed by atoms with Gasteiger partial charge in [0.1, 0.15) is 0 Å². The molecule has 0 aliphatic carbocycles. The molecule has 0 amide bonds. The minimum absolute atomic E-state index is 0.0763. The van der Waals surface area contributed by atoms with E-state index in [1.54, 1.807) is 23.5 Å². The van der Waals surface area contributed by atoms with Gasteiger partial charge in [-0.15, -0.1) is 11.3 Å². The van der Waals surface area contributed by atoms with Gasteiger partial charge in [0.15, 0.2) is 0 Å². The Balaban J connectivity index is 1.99. The molecule has 1 heterocycles. The van der Waals surface area contributed by atoms with Gasteiger partial charge < -0.3 is 5.32 Å². The molecule has 1 aromatic heterocycles. The third kappa shape index (κ3) is 3.87. The molecule has 108 valence electrons. The van der Waals surface area contributed by atoms with Crippen LogP contribution in [0.2, 0.25) is 0 Å². The fourth-order valence-corrected chi connectivity index (χ4v) is 3.12. The van der Waals surface area contributed by atoms with Gasteiger partial charge in [-0.05, 0) is 22.9 Å². The van der Waals surface area contributed by atoms with E-state index in [1.807, 2.05) is 0 Å². The normalized spacial score (nSPS) is 13.1. The second kappa shape index (κ2) is 6.95. The maximum absolute atomic E-state index is 12.5. The highest BCUT2D eigenvalue weighted by atomic mass is 32.1. The number of benzene rings is 1. The number of halogens is 2. The number of rotatable bonds is 6. The van der Waals surface area contributed by atoms with Gasteiger partial charge in [-0.1, -0.05) is 44.2 Å². The van der Waals surface area contributed by atoms with Crippen molar-refractivity contribution in [2.75, 3.05) is 0 Å². The Morgan fingerprint density at radius 2 is 1.80 bits per heavy atom. The minimum atomic E-state index is -2.40. The van der Waals surface area contributed by atoms with Crippen LogP contribution < -0.4 is 5.32 Å². The van der Waals surface area contributed by atoms with Crippen molar-refractivity contribution in [1.82, 2.24) is 5.32 Å². The highest BCUT2D eigenvalue weighted by Gasteiger charge is 2.16. The van der Waals surface area contributed by atoms with Crippen molar-refractivity contribution in [3.63, 3.8) is 0 Å². The lowest BCUT2D eigenvalue weighted by Crippen LogP contribution is -2.24. The van der Waals surface area contributed by atoms with Crippen LogP contribution in [0.3, 0.4) is 0 Å². The van der Waals surface area contributed by atoms with E-state index in [2.05, 4.69) is 36.7 Å². The van der Waals surface area contributed by atoms with Gasteiger partial charge in [-0.25, -0.2) is 8.78 Å². The molecule has 0 aliphatic heterocycles. The second-order valence-electron chi connectivity index (χ2n) is 5.16. The van der Waals surface area contributed by atoms with Crippen LogP contribution in [0.5, 0.6) is 0 Å². The summed E-state index contributed by atoms with van der Waals surface area (Å²) in [6.45, 7) is 5.04. The summed E-state index contributed by atoms with van der Waals surface area (Å²) in [4.78, 5) is 1.31. The van der Waals surface area contributed by atoms with E-state index in [-0.39, 0.29) is 5.56 Å². The lowest BCUT2D eigenvalue weighted by molar-refractivity contribution is 0.151. The van der Waals surface area contributed by atoms with Crippen LogP contribution in [0.25, 0.3) is 0 Å². The molecule has 2 rings (SSSR count). The van der Waals surface area contributed by atoms with Crippen molar-refractivity contribution in [2.24, 2.45) is 5.92 Å². The highest BCUT2D eigenvalue weighted by Crippen LogP contribution is 2.26. The molecule has 1 N–H and O–H groups in total. The topological polar surface area (TPSA) is 12.0 Å². The monoisotopic (exact) mass is 295 g/mol. The average Bonchev–Trinajstić information content (AvgIpc) is 2.93. The summed E-state index contributed by atoms with van der Waals surface area (Å²) in [5, 5.41) is 5.58. The Hall–Kier alpha value is -1.26. The Labute approximate surface area is 122 Å². The van der Waals surface area contributed by atoms with E-state index in [9.17, 15) is 8.78 Å². The van der Waals surface area contributed by atoms with Crippen LogP contribution in [0, 0.1) is 5.92 Å². The Morgan fingerprint density at radius 1 is 1.10 bits per heavy atom. The van der Waals surface area contributed by atoms with Gasteiger partial charge in [0.25, 0.3) is 6.43 Å². The predicted octanol–water partition coefficient (Wildman–Crippen LogP) is 5.17. The first-order valence-electron chi connectivity index (χ1n) is 6.71. The van der Waals surface area contributed by atoms with Crippen molar-refractivity contribution >= 4 is 11.3 Å². The summed E-state index contributed by atoms with van der Waals surface area (Å²) < 4.78 is 25.0. The number of thiophene rings is 1. The molecule has 4 heteroatoms. The third-order valence-electron chi connectivity index (χ3n) is 3.27. The number of alkyl halides is 2. The summed E-state index contributed by atoms with van der Waals surface area (Å²) in [6, 6.07) is 11.0. The van der Waals surface area contributed by atoms with Crippen LogP contribution in [-0.2, 0) is 6.54 Å². The Kier molecular flexibility index (Phi) is 5.26. The van der Waals surface area contributed by atoms with E-state index in [4.69, 9.17) is 0 Å². The summed E-state index contributed by atoms with van der Waals surface area (Å²) in [7, 11) is 0. The SMILES string of the molecule is CC(C)C(NCc1ccc(C(F)F)cc1)c1cccs1. The van der Waals surface area contributed by atoms with Gasteiger partial charge in [0, 0.05) is 23.0 Å². The van der Waals surface area contributed by atoms with Crippen LogP contribution >= 0.6 is 11.3 Å². The zero-order valence-electron chi connectivity index (χ0n) is 11.6. The van der Waals surface area contributed by atoms with Crippen LogP contribution in [0.15, 0.2) is 41.8 Å². The predicted molar refractivity (Wildman–Crippen MR) is 80.1 cm³/mol. The summed E-state index contributed by atoms with van der Waals surface area (Å²) in [5.41, 5.74) is 1.10. The number of nitrogens with one attached hydrogen (secondary N) is 1. The highest BCUT2D eigenvalue weighted by molar-refractivity contribution is 7.10. The van der Waals surface area contributed by atoms with E-state index >= 15 is 0 Å². The first-order chi connectivity index (χ1) is 9.58. The number of hydrogen-bond acceptors (Lipinski definition) is 2. The largest absolute Gasteiger partial charge is 0.305 e. The van der Waals surface area contributed by atoms with E-state index in [1.165, 1.54) is 17.0 Å². The lowest BCUT2D eigenvalue weighted by Gasteiger charge is -2.21. The molecule has 1 nitrogen and oxygen atoms in total. The fraction of sp³-hybridized carbons (Fsp3) is 0.375. The molecule has 0 saturated heterocycles. The van der Waals surface area contributed by atoms with Crippen molar-refractivity contribution in [1.29, 1.82) is 0 Å². The van der Waals surface area contributed by atoms with Gasteiger partial charge in [0.2, 0.25) is 0 Å². The lowest BCUT2D eigenvalue weighted by atomic mass is 10.0. The molecule has 0 bridgehead atoms. The summed E-state index contributed by atoms with van der Waals surface area (Å²) in [5.74, 6) is 0.481. The zero-order valence-corrected chi connectivity index (χ0v) is 12.5. The molecular weight excluding hydrogens is 276 g/mol.